The molecular formula is C21H29N2O8PS. The monoisotopic (exact) mass is 500 g/mol. The Balaban J connectivity index is 1.72. The Morgan fingerprint density at radius 2 is 1.88 bits per heavy atom. The maximum atomic E-state index is 12.6. The first-order valence-electron chi connectivity index (χ1n) is 10.3. The average Bonchev–Trinajstić information content (AvgIpc) is 2.78. The molecule has 1 unspecified atom stereocenters. The zero-order chi connectivity index (χ0) is 24.3. The van der Waals surface area contributed by atoms with Crippen molar-refractivity contribution in [2.24, 2.45) is 5.41 Å². The van der Waals surface area contributed by atoms with Crippen LogP contribution in [0.5, 0.6) is 0 Å². The van der Waals surface area contributed by atoms with Crippen molar-refractivity contribution in [2.75, 3.05) is 32.2 Å². The molecule has 1 fully saturated rings. The standard InChI is InChI=1S/C21H29N2O8PS/c1-15(24)33-12-11-22-17(25)9-10-23-19(26)18-21(2,3)13-29-32(31-18)30-14-28-20(27)16-7-5-4-6-8-16/h4-8,18H,9-14H2,1-3H3,(H,22,25)(H,23,26)/t18-,32?/m0/s1. The Bertz CT molecular complexity index is 824. The van der Waals surface area contributed by atoms with Crippen LogP contribution in [0, 0.1) is 5.41 Å². The smallest absolute Gasteiger partial charge is 0.340 e. The molecule has 182 valence electrons. The van der Waals surface area contributed by atoms with E-state index in [1.54, 1.807) is 30.3 Å². The zero-order valence-electron chi connectivity index (χ0n) is 18.8. The van der Waals surface area contributed by atoms with Crippen LogP contribution in [0.3, 0.4) is 0 Å². The predicted octanol–water partition coefficient (Wildman–Crippen LogP) is 2.39. The van der Waals surface area contributed by atoms with Gasteiger partial charge in [-0.2, -0.15) is 0 Å². The van der Waals surface area contributed by atoms with Crippen LogP contribution in [0.1, 0.15) is 37.6 Å². The lowest BCUT2D eigenvalue weighted by atomic mass is 9.87. The van der Waals surface area contributed by atoms with Crippen LogP contribution in [-0.4, -0.2) is 61.2 Å². The van der Waals surface area contributed by atoms with Crippen molar-refractivity contribution in [3.05, 3.63) is 35.9 Å². The summed E-state index contributed by atoms with van der Waals surface area (Å²) >= 11 is 1.14. The molecule has 10 nitrogen and oxygen atoms in total. The number of thioether (sulfide) groups is 1. The van der Waals surface area contributed by atoms with E-state index in [0.717, 1.165) is 11.8 Å². The molecule has 12 heteroatoms. The molecule has 2 rings (SSSR count). The molecule has 1 aliphatic heterocycles. The molecule has 1 aromatic carbocycles. The normalized spacial score (nSPS) is 19.4. The lowest BCUT2D eigenvalue weighted by molar-refractivity contribution is -0.140. The largest absolute Gasteiger partial charge is 0.434 e. The molecule has 0 bridgehead atoms. The number of hydrogen-bond acceptors (Lipinski definition) is 9. The number of rotatable bonds is 11. The minimum Gasteiger partial charge on any atom is -0.434 e. The third-order valence-corrected chi connectivity index (χ3v) is 6.27. The topological polar surface area (TPSA) is 129 Å². The number of amides is 2. The lowest BCUT2D eigenvalue weighted by Gasteiger charge is -2.39. The van der Waals surface area contributed by atoms with Gasteiger partial charge in [-0.1, -0.05) is 43.8 Å². The third-order valence-electron chi connectivity index (χ3n) is 4.42. The van der Waals surface area contributed by atoms with Crippen LogP contribution >= 0.6 is 20.4 Å². The molecule has 33 heavy (non-hydrogen) atoms. The molecule has 0 radical (unpaired) electrons. The maximum absolute atomic E-state index is 12.6. The first-order valence-corrected chi connectivity index (χ1v) is 12.4. The second-order valence-electron chi connectivity index (χ2n) is 7.75. The fourth-order valence-corrected chi connectivity index (χ4v) is 4.49. The third kappa shape index (κ3) is 9.77. The fraction of sp³-hybridized carbons (Fsp3) is 0.524. The molecule has 1 aliphatic rings. The summed E-state index contributed by atoms with van der Waals surface area (Å²) in [4.78, 5) is 47.3. The van der Waals surface area contributed by atoms with Gasteiger partial charge in [0.05, 0.1) is 12.2 Å². The van der Waals surface area contributed by atoms with Crippen LogP contribution in [0.25, 0.3) is 0 Å². The van der Waals surface area contributed by atoms with Crippen LogP contribution < -0.4 is 10.6 Å². The molecule has 1 heterocycles. The van der Waals surface area contributed by atoms with Crippen molar-refractivity contribution < 1.29 is 37.5 Å². The minimum atomic E-state index is -1.89. The molecule has 0 aliphatic carbocycles. The van der Waals surface area contributed by atoms with Crippen LogP contribution in [0.15, 0.2) is 30.3 Å². The molecule has 1 aromatic rings. The maximum Gasteiger partial charge on any atom is 0.340 e. The van der Waals surface area contributed by atoms with Crippen molar-refractivity contribution in [1.82, 2.24) is 10.6 Å². The quantitative estimate of drug-likeness (QED) is 0.204. The van der Waals surface area contributed by atoms with Crippen molar-refractivity contribution in [1.29, 1.82) is 0 Å². The van der Waals surface area contributed by atoms with Gasteiger partial charge in [-0.15, -0.1) is 0 Å². The summed E-state index contributed by atoms with van der Waals surface area (Å²) < 4.78 is 21.7. The first-order chi connectivity index (χ1) is 15.7. The Morgan fingerprint density at radius 3 is 2.58 bits per heavy atom. The van der Waals surface area contributed by atoms with Gasteiger partial charge in [0.1, 0.15) is 0 Å². The highest BCUT2D eigenvalue weighted by Crippen LogP contribution is 2.50. The molecule has 0 saturated carbocycles. The first kappa shape index (κ1) is 27.2. The van der Waals surface area contributed by atoms with Gasteiger partial charge in [-0.25, -0.2) is 4.79 Å². The number of benzene rings is 1. The molecular weight excluding hydrogens is 471 g/mol. The Hall–Kier alpha value is -2.04. The summed E-state index contributed by atoms with van der Waals surface area (Å²) in [6, 6.07) is 8.47. The highest BCUT2D eigenvalue weighted by molar-refractivity contribution is 8.13. The van der Waals surface area contributed by atoms with Gasteiger partial charge in [0.15, 0.2) is 11.2 Å². The number of ether oxygens (including phenoxy) is 1. The summed E-state index contributed by atoms with van der Waals surface area (Å²) in [6.45, 7) is 5.44. The summed E-state index contributed by atoms with van der Waals surface area (Å²) in [5.41, 5.74) is -0.238. The van der Waals surface area contributed by atoms with E-state index in [0.29, 0.717) is 17.9 Å². The SMILES string of the molecule is CC(=O)SCCNC(=O)CCNC(=O)[C@@H]1OP(OCOC(=O)c2ccccc2)OCC1(C)C. The highest BCUT2D eigenvalue weighted by Gasteiger charge is 2.44. The van der Waals surface area contributed by atoms with Crippen molar-refractivity contribution in [2.45, 2.75) is 33.3 Å². The molecule has 0 spiro atoms. The summed E-state index contributed by atoms with van der Waals surface area (Å²) in [5, 5.41) is 5.37. The average molecular weight is 501 g/mol. The molecule has 2 N–H and O–H groups in total. The summed E-state index contributed by atoms with van der Waals surface area (Å²) in [6.07, 6.45) is -0.766. The van der Waals surface area contributed by atoms with Crippen molar-refractivity contribution in [3.8, 4) is 0 Å². The van der Waals surface area contributed by atoms with Gasteiger partial charge in [-0.3, -0.25) is 23.4 Å². The van der Waals surface area contributed by atoms with Crippen LogP contribution in [0.2, 0.25) is 0 Å². The van der Waals surface area contributed by atoms with Crippen molar-refractivity contribution >= 4 is 43.3 Å². The zero-order valence-corrected chi connectivity index (χ0v) is 20.5. The predicted molar refractivity (Wildman–Crippen MR) is 123 cm³/mol. The Labute approximate surface area is 198 Å². The van der Waals surface area contributed by atoms with Gasteiger partial charge >= 0.3 is 14.6 Å². The number of carbonyl (C=O) groups is 4. The van der Waals surface area contributed by atoms with Crippen LogP contribution in [0.4, 0.5) is 0 Å². The van der Waals surface area contributed by atoms with E-state index < -0.39 is 26.1 Å². The molecule has 1 saturated heterocycles. The minimum absolute atomic E-state index is 0.00566. The van der Waals surface area contributed by atoms with E-state index in [1.807, 2.05) is 13.8 Å². The second kappa shape index (κ2) is 13.6. The van der Waals surface area contributed by atoms with E-state index in [2.05, 4.69) is 10.6 Å². The summed E-state index contributed by atoms with van der Waals surface area (Å²) in [7, 11) is -1.89. The van der Waals surface area contributed by atoms with Gasteiger partial charge in [0, 0.05) is 37.6 Å². The molecule has 2 atom stereocenters. The van der Waals surface area contributed by atoms with Crippen molar-refractivity contribution in [3.63, 3.8) is 0 Å². The van der Waals surface area contributed by atoms with E-state index in [9.17, 15) is 19.2 Å². The van der Waals surface area contributed by atoms with Gasteiger partial charge in [-0.05, 0) is 12.1 Å². The molecule has 2 amide bonds. The highest BCUT2D eigenvalue weighted by atomic mass is 32.2. The van der Waals surface area contributed by atoms with E-state index in [4.69, 9.17) is 18.3 Å². The van der Waals surface area contributed by atoms with E-state index in [-0.39, 0.29) is 43.3 Å². The van der Waals surface area contributed by atoms with E-state index in [1.165, 1.54) is 6.92 Å². The van der Waals surface area contributed by atoms with Gasteiger partial charge < -0.3 is 19.9 Å². The summed E-state index contributed by atoms with van der Waals surface area (Å²) in [5.74, 6) is -0.657. The second-order valence-corrected chi connectivity index (χ2v) is 10.2. The van der Waals surface area contributed by atoms with E-state index >= 15 is 0 Å². The fourth-order valence-electron chi connectivity index (χ4n) is 2.67. The van der Waals surface area contributed by atoms with Crippen LogP contribution in [-0.2, 0) is 32.7 Å². The number of nitrogens with one attached hydrogen (secondary N) is 2. The lowest BCUT2D eigenvalue weighted by Crippen LogP contribution is -2.49. The Morgan fingerprint density at radius 1 is 1.15 bits per heavy atom. The Kier molecular flexibility index (Phi) is 11.2. The number of esters is 1. The molecule has 0 aromatic heterocycles. The van der Waals surface area contributed by atoms with Gasteiger partial charge in [0.2, 0.25) is 18.6 Å². The number of carbonyl (C=O) groups excluding carboxylic acids is 4. The van der Waals surface area contributed by atoms with Gasteiger partial charge in [0.25, 0.3) is 0 Å². The number of hydrogen-bond donors (Lipinski definition) is 2.